The highest BCUT2D eigenvalue weighted by molar-refractivity contribution is 5.81. The quantitative estimate of drug-likeness (QED) is 0.703. The maximum Gasteiger partial charge on any atom is 0.199 e. The van der Waals surface area contributed by atoms with Crippen molar-refractivity contribution in [3.63, 3.8) is 0 Å². The molecule has 3 aromatic rings. The molecule has 1 heterocycles. The van der Waals surface area contributed by atoms with Crippen LogP contribution in [0.15, 0.2) is 57.9 Å². The zero-order valence-electron chi connectivity index (χ0n) is 13.2. The van der Waals surface area contributed by atoms with Crippen molar-refractivity contribution in [3.05, 3.63) is 75.6 Å². The summed E-state index contributed by atoms with van der Waals surface area (Å²) in [4.78, 5) is 12.5. The first kappa shape index (κ1) is 15.1. The molecule has 0 aliphatic rings. The SMILES string of the molecule is CCOc1ccc(/C=C/c2coc3ccc(C)cc3c2=O)cc1. The molecule has 0 atom stereocenters. The van der Waals surface area contributed by atoms with E-state index >= 15 is 0 Å². The third-order valence-corrected chi connectivity index (χ3v) is 3.60. The van der Waals surface area contributed by atoms with Crippen LogP contribution in [0, 0.1) is 6.92 Å². The van der Waals surface area contributed by atoms with Gasteiger partial charge in [0, 0.05) is 0 Å². The number of ether oxygens (including phenoxy) is 1. The standard InChI is InChI=1S/C20H18O3/c1-3-22-17-9-6-15(7-10-17)5-8-16-13-23-19-11-4-14(2)12-18(19)20(16)21/h4-13H,3H2,1-2H3/b8-5+. The van der Waals surface area contributed by atoms with E-state index < -0.39 is 0 Å². The molecule has 0 unspecified atom stereocenters. The molecule has 0 spiro atoms. The van der Waals surface area contributed by atoms with Crippen LogP contribution in [0.2, 0.25) is 0 Å². The van der Waals surface area contributed by atoms with Gasteiger partial charge in [0.1, 0.15) is 17.6 Å². The molecule has 3 nitrogen and oxygen atoms in total. The van der Waals surface area contributed by atoms with E-state index in [9.17, 15) is 4.79 Å². The second-order valence-corrected chi connectivity index (χ2v) is 5.36. The number of hydrogen-bond acceptors (Lipinski definition) is 3. The Morgan fingerprint density at radius 3 is 2.61 bits per heavy atom. The maximum atomic E-state index is 12.5. The summed E-state index contributed by atoms with van der Waals surface area (Å²) in [6.45, 7) is 4.56. The highest BCUT2D eigenvalue weighted by atomic mass is 16.5. The fourth-order valence-corrected chi connectivity index (χ4v) is 2.40. The van der Waals surface area contributed by atoms with E-state index in [1.165, 1.54) is 6.26 Å². The molecule has 0 saturated heterocycles. The van der Waals surface area contributed by atoms with Crippen LogP contribution in [0.3, 0.4) is 0 Å². The Hall–Kier alpha value is -2.81. The van der Waals surface area contributed by atoms with Crippen LogP contribution in [0.4, 0.5) is 0 Å². The first-order valence-electron chi connectivity index (χ1n) is 7.60. The Balaban J connectivity index is 1.91. The number of rotatable bonds is 4. The van der Waals surface area contributed by atoms with Gasteiger partial charge in [0.15, 0.2) is 5.43 Å². The summed E-state index contributed by atoms with van der Waals surface area (Å²) < 4.78 is 11.0. The second-order valence-electron chi connectivity index (χ2n) is 5.36. The Morgan fingerprint density at radius 2 is 1.87 bits per heavy atom. The second kappa shape index (κ2) is 6.53. The molecule has 3 rings (SSSR count). The van der Waals surface area contributed by atoms with Crippen molar-refractivity contribution < 1.29 is 9.15 Å². The predicted molar refractivity (Wildman–Crippen MR) is 93.8 cm³/mol. The van der Waals surface area contributed by atoms with Crippen molar-refractivity contribution >= 4 is 23.1 Å². The normalized spacial score (nSPS) is 11.2. The summed E-state index contributed by atoms with van der Waals surface area (Å²) in [5.41, 5.74) is 3.17. The van der Waals surface area contributed by atoms with Crippen molar-refractivity contribution in [2.75, 3.05) is 6.61 Å². The number of aryl methyl sites for hydroxylation is 1. The Labute approximate surface area is 134 Å². The van der Waals surface area contributed by atoms with Crippen molar-refractivity contribution in [2.24, 2.45) is 0 Å². The third-order valence-electron chi connectivity index (χ3n) is 3.60. The molecule has 116 valence electrons. The fourth-order valence-electron chi connectivity index (χ4n) is 2.40. The van der Waals surface area contributed by atoms with E-state index in [-0.39, 0.29) is 5.43 Å². The van der Waals surface area contributed by atoms with Crippen LogP contribution in [-0.4, -0.2) is 6.61 Å². The Morgan fingerprint density at radius 1 is 1.09 bits per heavy atom. The molecule has 0 N–H and O–H groups in total. The molecule has 0 aliphatic carbocycles. The summed E-state index contributed by atoms with van der Waals surface area (Å²) in [7, 11) is 0. The van der Waals surface area contributed by atoms with Crippen LogP contribution in [-0.2, 0) is 0 Å². The lowest BCUT2D eigenvalue weighted by atomic mass is 10.1. The van der Waals surface area contributed by atoms with Gasteiger partial charge in [-0.15, -0.1) is 0 Å². The minimum atomic E-state index is -0.0165. The van der Waals surface area contributed by atoms with Gasteiger partial charge >= 0.3 is 0 Å². The average molecular weight is 306 g/mol. The molecule has 0 amide bonds. The van der Waals surface area contributed by atoms with E-state index in [1.54, 1.807) is 6.08 Å². The van der Waals surface area contributed by atoms with Crippen LogP contribution < -0.4 is 10.2 Å². The summed E-state index contributed by atoms with van der Waals surface area (Å²) >= 11 is 0. The molecular formula is C20H18O3. The van der Waals surface area contributed by atoms with E-state index in [2.05, 4.69) is 0 Å². The summed E-state index contributed by atoms with van der Waals surface area (Å²) in [6.07, 6.45) is 5.18. The van der Waals surface area contributed by atoms with Gasteiger partial charge in [-0.2, -0.15) is 0 Å². The molecule has 2 aromatic carbocycles. The first-order chi connectivity index (χ1) is 11.2. The van der Waals surface area contributed by atoms with Crippen LogP contribution in [0.5, 0.6) is 5.75 Å². The molecule has 0 radical (unpaired) electrons. The third kappa shape index (κ3) is 3.34. The van der Waals surface area contributed by atoms with E-state index in [0.29, 0.717) is 23.1 Å². The molecule has 0 fully saturated rings. The molecule has 23 heavy (non-hydrogen) atoms. The summed E-state index contributed by atoms with van der Waals surface area (Å²) in [6, 6.07) is 13.3. The van der Waals surface area contributed by atoms with Gasteiger partial charge in [0.05, 0.1) is 17.6 Å². The zero-order chi connectivity index (χ0) is 16.2. The lowest BCUT2D eigenvalue weighted by Gasteiger charge is -2.02. The molecule has 3 heteroatoms. The fraction of sp³-hybridized carbons (Fsp3) is 0.150. The summed E-state index contributed by atoms with van der Waals surface area (Å²) in [5.74, 6) is 0.838. The molecule has 1 aromatic heterocycles. The minimum absolute atomic E-state index is 0.0165. The van der Waals surface area contributed by atoms with Crippen LogP contribution in [0.1, 0.15) is 23.6 Å². The average Bonchev–Trinajstić information content (AvgIpc) is 2.56. The molecule has 0 saturated carbocycles. The molecular weight excluding hydrogens is 288 g/mol. The van der Waals surface area contributed by atoms with E-state index in [0.717, 1.165) is 16.9 Å². The van der Waals surface area contributed by atoms with Gasteiger partial charge in [0.25, 0.3) is 0 Å². The van der Waals surface area contributed by atoms with E-state index in [1.807, 2.05) is 62.4 Å². The highest BCUT2D eigenvalue weighted by Gasteiger charge is 2.04. The van der Waals surface area contributed by atoms with Crippen molar-refractivity contribution in [2.45, 2.75) is 13.8 Å². The van der Waals surface area contributed by atoms with Crippen molar-refractivity contribution in [1.82, 2.24) is 0 Å². The smallest absolute Gasteiger partial charge is 0.199 e. The van der Waals surface area contributed by atoms with E-state index in [4.69, 9.17) is 9.15 Å². The highest BCUT2D eigenvalue weighted by Crippen LogP contribution is 2.16. The van der Waals surface area contributed by atoms with Gasteiger partial charge in [-0.1, -0.05) is 29.8 Å². The lowest BCUT2D eigenvalue weighted by molar-refractivity contribution is 0.340. The van der Waals surface area contributed by atoms with Crippen molar-refractivity contribution in [1.29, 1.82) is 0 Å². The monoisotopic (exact) mass is 306 g/mol. The van der Waals surface area contributed by atoms with Crippen LogP contribution >= 0.6 is 0 Å². The van der Waals surface area contributed by atoms with Gasteiger partial charge in [-0.3, -0.25) is 4.79 Å². The molecule has 0 bridgehead atoms. The largest absolute Gasteiger partial charge is 0.494 e. The number of hydrogen-bond donors (Lipinski definition) is 0. The van der Waals surface area contributed by atoms with Gasteiger partial charge in [-0.05, 0) is 49.8 Å². The molecule has 0 aliphatic heterocycles. The minimum Gasteiger partial charge on any atom is -0.494 e. The zero-order valence-corrected chi connectivity index (χ0v) is 13.2. The van der Waals surface area contributed by atoms with Gasteiger partial charge < -0.3 is 9.15 Å². The summed E-state index contributed by atoms with van der Waals surface area (Å²) in [5, 5.41) is 0.610. The van der Waals surface area contributed by atoms with Gasteiger partial charge in [0.2, 0.25) is 0 Å². The number of fused-ring (bicyclic) bond motifs is 1. The van der Waals surface area contributed by atoms with Gasteiger partial charge in [-0.25, -0.2) is 0 Å². The van der Waals surface area contributed by atoms with Crippen molar-refractivity contribution in [3.8, 4) is 5.75 Å². The topological polar surface area (TPSA) is 39.4 Å². The number of benzene rings is 2. The predicted octanol–water partition coefficient (Wildman–Crippen LogP) is 4.67. The Kier molecular flexibility index (Phi) is 4.29. The first-order valence-corrected chi connectivity index (χ1v) is 7.60. The van der Waals surface area contributed by atoms with Crippen LogP contribution in [0.25, 0.3) is 23.1 Å². The lowest BCUT2D eigenvalue weighted by Crippen LogP contribution is -2.04. The Bertz CT molecular complexity index is 902. The maximum absolute atomic E-state index is 12.5.